The van der Waals surface area contributed by atoms with Crippen molar-refractivity contribution in [1.82, 2.24) is 20.3 Å². The molecule has 19 heavy (non-hydrogen) atoms. The summed E-state index contributed by atoms with van der Waals surface area (Å²) >= 11 is 0. The third-order valence-electron chi connectivity index (χ3n) is 1.94. The highest BCUT2D eigenvalue weighted by Crippen LogP contribution is 2.09. The van der Waals surface area contributed by atoms with Crippen molar-refractivity contribution < 1.29 is 9.53 Å². The predicted octanol–water partition coefficient (Wildman–Crippen LogP) is 0.248. The van der Waals surface area contributed by atoms with E-state index in [4.69, 9.17) is 4.74 Å². The lowest BCUT2D eigenvalue weighted by Gasteiger charge is -2.20. The monoisotopic (exact) mass is 268 g/mol. The molecular formula is C11H20N6O2. The van der Waals surface area contributed by atoms with Crippen LogP contribution in [0.2, 0.25) is 0 Å². The van der Waals surface area contributed by atoms with Crippen LogP contribution in [0.25, 0.3) is 0 Å². The number of carbonyl (C=O) groups is 1. The third kappa shape index (κ3) is 5.36. The highest BCUT2D eigenvalue weighted by atomic mass is 16.5. The zero-order valence-electron chi connectivity index (χ0n) is 11.9. The highest BCUT2D eigenvalue weighted by molar-refractivity contribution is 5.80. The minimum absolute atomic E-state index is 0.0770. The Labute approximate surface area is 112 Å². The number of rotatable bonds is 5. The molecule has 0 aliphatic carbocycles. The van der Waals surface area contributed by atoms with Crippen molar-refractivity contribution in [2.45, 2.75) is 26.3 Å². The topological polar surface area (TPSA) is 101 Å². The Kier molecular flexibility index (Phi) is 4.85. The van der Waals surface area contributed by atoms with Crippen molar-refractivity contribution in [3.05, 3.63) is 0 Å². The zero-order chi connectivity index (χ0) is 14.5. The number of anilines is 2. The maximum Gasteiger partial charge on any atom is 0.322 e. The van der Waals surface area contributed by atoms with Crippen LogP contribution >= 0.6 is 0 Å². The van der Waals surface area contributed by atoms with Crippen LogP contribution in [-0.4, -0.2) is 47.1 Å². The lowest BCUT2D eigenvalue weighted by atomic mass is 10.1. The van der Waals surface area contributed by atoms with Crippen LogP contribution in [-0.2, 0) is 4.79 Å². The number of hydrogen-bond donors (Lipinski definition) is 3. The molecule has 8 nitrogen and oxygen atoms in total. The van der Waals surface area contributed by atoms with Crippen LogP contribution < -0.4 is 20.7 Å². The summed E-state index contributed by atoms with van der Waals surface area (Å²) in [5.41, 5.74) is -0.272. The van der Waals surface area contributed by atoms with Crippen molar-refractivity contribution in [3.8, 4) is 6.01 Å². The first-order valence-electron chi connectivity index (χ1n) is 5.87. The van der Waals surface area contributed by atoms with Crippen molar-refractivity contribution in [2.75, 3.05) is 31.3 Å². The van der Waals surface area contributed by atoms with Gasteiger partial charge in [0.2, 0.25) is 17.8 Å². The molecule has 106 valence electrons. The Morgan fingerprint density at radius 2 is 1.84 bits per heavy atom. The number of nitrogens with one attached hydrogen (secondary N) is 3. The molecule has 0 aliphatic heterocycles. The molecule has 1 amide bonds. The lowest BCUT2D eigenvalue weighted by Crippen LogP contribution is -2.43. The molecule has 0 bridgehead atoms. The van der Waals surface area contributed by atoms with Gasteiger partial charge in [0.1, 0.15) is 0 Å². The summed E-state index contributed by atoms with van der Waals surface area (Å²) in [5, 5.41) is 8.43. The molecule has 1 rings (SSSR count). The SMILES string of the molecule is CNc1nc(NCC(=O)NC(C)(C)C)nc(OC)n1. The molecule has 0 fully saturated rings. The Morgan fingerprint density at radius 3 is 2.37 bits per heavy atom. The van der Waals surface area contributed by atoms with E-state index in [0.29, 0.717) is 5.95 Å². The molecule has 0 saturated heterocycles. The highest BCUT2D eigenvalue weighted by Gasteiger charge is 2.14. The summed E-state index contributed by atoms with van der Waals surface area (Å²) < 4.78 is 4.94. The molecular weight excluding hydrogens is 248 g/mol. The lowest BCUT2D eigenvalue weighted by molar-refractivity contribution is -0.120. The van der Waals surface area contributed by atoms with Gasteiger partial charge in [-0.1, -0.05) is 0 Å². The van der Waals surface area contributed by atoms with Gasteiger partial charge >= 0.3 is 6.01 Å². The number of carbonyl (C=O) groups excluding carboxylic acids is 1. The minimum Gasteiger partial charge on any atom is -0.467 e. The average molecular weight is 268 g/mol. The van der Waals surface area contributed by atoms with Crippen LogP contribution in [0.15, 0.2) is 0 Å². The summed E-state index contributed by atoms with van der Waals surface area (Å²) in [4.78, 5) is 23.7. The Hall–Kier alpha value is -2.12. The minimum atomic E-state index is -0.272. The van der Waals surface area contributed by atoms with Crippen LogP contribution in [0.3, 0.4) is 0 Å². The molecule has 1 aromatic rings. The normalized spacial score (nSPS) is 10.8. The zero-order valence-corrected chi connectivity index (χ0v) is 11.9. The second-order valence-electron chi connectivity index (χ2n) is 4.87. The maximum atomic E-state index is 11.6. The van der Waals surface area contributed by atoms with E-state index in [1.807, 2.05) is 20.8 Å². The predicted molar refractivity (Wildman–Crippen MR) is 72.3 cm³/mol. The summed E-state index contributed by atoms with van der Waals surface area (Å²) in [6.07, 6.45) is 0. The second kappa shape index (κ2) is 6.17. The molecule has 8 heteroatoms. The first kappa shape index (κ1) is 14.9. The van der Waals surface area contributed by atoms with Crippen LogP contribution in [0, 0.1) is 0 Å². The molecule has 0 radical (unpaired) electrons. The Balaban J connectivity index is 2.64. The van der Waals surface area contributed by atoms with E-state index in [2.05, 4.69) is 30.9 Å². The van der Waals surface area contributed by atoms with Gasteiger partial charge in [0.25, 0.3) is 0 Å². The summed E-state index contributed by atoms with van der Waals surface area (Å²) in [6.45, 7) is 5.81. The molecule has 1 heterocycles. The van der Waals surface area contributed by atoms with Gasteiger partial charge in [-0.3, -0.25) is 4.79 Å². The van der Waals surface area contributed by atoms with Crippen LogP contribution in [0.4, 0.5) is 11.9 Å². The molecule has 1 aromatic heterocycles. The van der Waals surface area contributed by atoms with Gasteiger partial charge in [-0.2, -0.15) is 15.0 Å². The molecule has 0 unspecified atom stereocenters. The summed E-state index contributed by atoms with van der Waals surface area (Å²) in [6, 6.07) is 0.179. The first-order valence-corrected chi connectivity index (χ1v) is 5.87. The number of amides is 1. The molecule has 0 atom stereocenters. The van der Waals surface area contributed by atoms with Gasteiger partial charge < -0.3 is 20.7 Å². The van der Waals surface area contributed by atoms with E-state index in [-0.39, 0.29) is 29.9 Å². The fourth-order valence-electron chi connectivity index (χ4n) is 1.26. The fourth-order valence-corrected chi connectivity index (χ4v) is 1.26. The van der Waals surface area contributed by atoms with Gasteiger partial charge in [0.05, 0.1) is 13.7 Å². The maximum absolute atomic E-state index is 11.6. The van der Waals surface area contributed by atoms with Crippen molar-refractivity contribution >= 4 is 17.8 Å². The van der Waals surface area contributed by atoms with Crippen molar-refractivity contribution in [3.63, 3.8) is 0 Å². The number of nitrogens with zero attached hydrogens (tertiary/aromatic N) is 3. The summed E-state index contributed by atoms with van der Waals surface area (Å²) in [7, 11) is 3.15. The number of aromatic nitrogens is 3. The van der Waals surface area contributed by atoms with E-state index in [1.165, 1.54) is 7.11 Å². The standard InChI is InChI=1S/C11H20N6O2/c1-11(2,3)17-7(18)6-13-9-14-8(12-4)15-10(16-9)19-5/h6H2,1-5H3,(H,17,18)(H2,12,13,14,15,16). The molecule has 0 aliphatic rings. The van der Waals surface area contributed by atoms with Gasteiger partial charge in [0.15, 0.2) is 0 Å². The van der Waals surface area contributed by atoms with E-state index < -0.39 is 0 Å². The van der Waals surface area contributed by atoms with Gasteiger partial charge in [-0.15, -0.1) is 0 Å². The molecule has 3 N–H and O–H groups in total. The summed E-state index contributed by atoms with van der Waals surface area (Å²) in [5.74, 6) is 0.503. The third-order valence-corrected chi connectivity index (χ3v) is 1.94. The van der Waals surface area contributed by atoms with E-state index in [0.717, 1.165) is 0 Å². The van der Waals surface area contributed by atoms with Gasteiger partial charge in [0, 0.05) is 12.6 Å². The molecule has 0 aromatic carbocycles. The number of hydrogen-bond acceptors (Lipinski definition) is 7. The van der Waals surface area contributed by atoms with Crippen molar-refractivity contribution in [2.24, 2.45) is 0 Å². The van der Waals surface area contributed by atoms with Crippen molar-refractivity contribution in [1.29, 1.82) is 0 Å². The number of ether oxygens (including phenoxy) is 1. The quantitative estimate of drug-likeness (QED) is 0.703. The van der Waals surface area contributed by atoms with E-state index in [1.54, 1.807) is 7.05 Å². The number of methoxy groups -OCH3 is 1. The fraction of sp³-hybridized carbons (Fsp3) is 0.636. The largest absolute Gasteiger partial charge is 0.467 e. The van der Waals surface area contributed by atoms with E-state index >= 15 is 0 Å². The van der Waals surface area contributed by atoms with Crippen LogP contribution in [0.5, 0.6) is 6.01 Å². The Morgan fingerprint density at radius 1 is 1.21 bits per heavy atom. The first-order chi connectivity index (χ1) is 8.84. The molecule has 0 spiro atoms. The molecule has 0 saturated carbocycles. The van der Waals surface area contributed by atoms with Gasteiger partial charge in [-0.25, -0.2) is 0 Å². The van der Waals surface area contributed by atoms with Crippen LogP contribution in [0.1, 0.15) is 20.8 Å². The van der Waals surface area contributed by atoms with Gasteiger partial charge in [-0.05, 0) is 20.8 Å². The van der Waals surface area contributed by atoms with E-state index in [9.17, 15) is 4.79 Å². The Bertz CT molecular complexity index is 421. The smallest absolute Gasteiger partial charge is 0.322 e. The average Bonchev–Trinajstić information content (AvgIpc) is 2.33. The second-order valence-corrected chi connectivity index (χ2v) is 4.87.